The number of hydrogen-bond donors (Lipinski definition) is 4. The molecule has 0 saturated heterocycles. The van der Waals surface area contributed by atoms with Crippen molar-refractivity contribution in [3.8, 4) is 10.4 Å². The van der Waals surface area contributed by atoms with Gasteiger partial charge in [-0.2, -0.15) is 0 Å². The third-order valence-corrected chi connectivity index (χ3v) is 8.24. The predicted molar refractivity (Wildman–Crippen MR) is 136 cm³/mol. The highest BCUT2D eigenvalue weighted by molar-refractivity contribution is 7.21. The number of amides is 2. The van der Waals surface area contributed by atoms with Gasteiger partial charge in [-0.25, -0.2) is 4.98 Å². The smallest absolute Gasteiger partial charge is 0.260 e. The van der Waals surface area contributed by atoms with Crippen molar-refractivity contribution in [2.45, 2.75) is 31.3 Å². The van der Waals surface area contributed by atoms with E-state index in [0.29, 0.717) is 15.4 Å². The molecule has 1 aliphatic rings. The number of pyridine rings is 1. The van der Waals surface area contributed by atoms with Crippen LogP contribution in [0, 0.1) is 0 Å². The normalized spacial score (nSPS) is 15.9. The van der Waals surface area contributed by atoms with Gasteiger partial charge in [0.2, 0.25) is 5.91 Å². The number of primary amides is 1. The lowest BCUT2D eigenvalue weighted by Gasteiger charge is -2.15. The zero-order valence-corrected chi connectivity index (χ0v) is 19.9. The summed E-state index contributed by atoms with van der Waals surface area (Å²) in [5.74, 6) is -0.742. The van der Waals surface area contributed by atoms with Gasteiger partial charge in [0.1, 0.15) is 9.71 Å². The first kappa shape index (κ1) is 22.5. The van der Waals surface area contributed by atoms with Crippen LogP contribution >= 0.6 is 22.7 Å². The van der Waals surface area contributed by atoms with Crippen LogP contribution in [0.4, 0.5) is 5.69 Å². The predicted octanol–water partition coefficient (Wildman–Crippen LogP) is 3.98. The standard InChI is InChI=1S/C25H24N4O3S2/c26-21-20-19(17-7-4-10-33-17)15-9-8-14(22(15)29-25(20)34-23(21)24(27)32)11-18(31)28-12-16(30)13-5-2-1-3-6-13/h1-7,10,14,16,30H,8-9,11-12,26H2,(H2,27,32)(H,28,31). The molecule has 3 heterocycles. The quantitative estimate of drug-likeness (QED) is 0.310. The summed E-state index contributed by atoms with van der Waals surface area (Å²) < 4.78 is 0. The molecule has 1 aromatic carbocycles. The van der Waals surface area contributed by atoms with Gasteiger partial charge in [0.25, 0.3) is 5.91 Å². The molecule has 0 aliphatic heterocycles. The van der Waals surface area contributed by atoms with E-state index in [1.807, 2.05) is 47.8 Å². The second kappa shape index (κ2) is 9.17. The van der Waals surface area contributed by atoms with Crippen LogP contribution in [0.3, 0.4) is 0 Å². The number of rotatable bonds is 7. The van der Waals surface area contributed by atoms with Crippen molar-refractivity contribution < 1.29 is 14.7 Å². The topological polar surface area (TPSA) is 131 Å². The van der Waals surface area contributed by atoms with E-state index in [0.717, 1.165) is 45.5 Å². The Hall–Kier alpha value is -3.27. The molecule has 3 aromatic heterocycles. The molecule has 0 bridgehead atoms. The van der Waals surface area contributed by atoms with Crippen LogP contribution in [0.1, 0.15) is 51.4 Å². The minimum atomic E-state index is -0.759. The van der Waals surface area contributed by atoms with E-state index < -0.39 is 12.0 Å². The van der Waals surface area contributed by atoms with Gasteiger partial charge in [-0.15, -0.1) is 22.7 Å². The van der Waals surface area contributed by atoms with Crippen LogP contribution in [0.25, 0.3) is 20.7 Å². The first-order chi connectivity index (χ1) is 16.4. The number of nitrogens with zero attached hydrogens (tertiary/aromatic N) is 1. The van der Waals surface area contributed by atoms with Crippen LogP contribution in [0.2, 0.25) is 0 Å². The molecule has 1 aliphatic carbocycles. The monoisotopic (exact) mass is 492 g/mol. The number of thiophene rings is 2. The fourth-order valence-corrected chi connectivity index (χ4v) is 6.40. The highest BCUT2D eigenvalue weighted by Crippen LogP contribution is 2.48. The average Bonchev–Trinajstić information content (AvgIpc) is 3.57. The molecular formula is C25H24N4O3S2. The van der Waals surface area contributed by atoms with Crippen LogP contribution in [-0.2, 0) is 11.2 Å². The maximum atomic E-state index is 12.7. The molecule has 2 amide bonds. The number of fused-ring (bicyclic) bond motifs is 2. The Morgan fingerprint density at radius 3 is 2.71 bits per heavy atom. The molecule has 6 N–H and O–H groups in total. The van der Waals surface area contributed by atoms with E-state index in [1.54, 1.807) is 11.3 Å². The second-order valence-corrected chi connectivity index (χ2v) is 10.3. The fourth-order valence-electron chi connectivity index (χ4n) is 4.63. The molecule has 0 spiro atoms. The number of carbonyl (C=O) groups is 2. The zero-order chi connectivity index (χ0) is 23.8. The van der Waals surface area contributed by atoms with Crippen molar-refractivity contribution in [1.82, 2.24) is 10.3 Å². The average molecular weight is 493 g/mol. The minimum Gasteiger partial charge on any atom is -0.397 e. The van der Waals surface area contributed by atoms with E-state index in [1.165, 1.54) is 11.3 Å². The summed E-state index contributed by atoms with van der Waals surface area (Å²) in [5, 5.41) is 16.0. The van der Waals surface area contributed by atoms with Gasteiger partial charge in [0.15, 0.2) is 0 Å². The van der Waals surface area contributed by atoms with Crippen molar-refractivity contribution in [3.63, 3.8) is 0 Å². The summed E-state index contributed by atoms with van der Waals surface area (Å²) >= 11 is 2.81. The molecule has 7 nitrogen and oxygen atoms in total. The van der Waals surface area contributed by atoms with Crippen molar-refractivity contribution in [3.05, 3.63) is 69.5 Å². The molecule has 9 heteroatoms. The molecule has 174 valence electrons. The van der Waals surface area contributed by atoms with Crippen molar-refractivity contribution >= 4 is 50.4 Å². The van der Waals surface area contributed by atoms with Crippen molar-refractivity contribution in [2.24, 2.45) is 5.73 Å². The Balaban J connectivity index is 1.43. The molecular weight excluding hydrogens is 468 g/mol. The Kier molecular flexibility index (Phi) is 6.07. The third-order valence-electron chi connectivity index (χ3n) is 6.24. The number of aliphatic hydroxyl groups is 1. The van der Waals surface area contributed by atoms with Gasteiger partial charge >= 0.3 is 0 Å². The van der Waals surface area contributed by atoms with Crippen LogP contribution in [0.15, 0.2) is 47.8 Å². The summed E-state index contributed by atoms with van der Waals surface area (Å²) in [6.07, 6.45) is 1.10. The summed E-state index contributed by atoms with van der Waals surface area (Å²) in [5.41, 5.74) is 16.0. The lowest BCUT2D eigenvalue weighted by Crippen LogP contribution is -2.29. The number of nitrogens with one attached hydrogen (secondary N) is 1. The number of benzene rings is 1. The molecule has 2 unspecified atom stereocenters. The third kappa shape index (κ3) is 4.06. The first-order valence-corrected chi connectivity index (χ1v) is 12.7. The van der Waals surface area contributed by atoms with Crippen LogP contribution < -0.4 is 16.8 Å². The Morgan fingerprint density at radius 1 is 1.21 bits per heavy atom. The highest BCUT2D eigenvalue weighted by Gasteiger charge is 2.32. The summed E-state index contributed by atoms with van der Waals surface area (Å²) in [7, 11) is 0. The molecule has 0 saturated carbocycles. The Labute approximate surface area is 204 Å². The number of aliphatic hydroxyl groups excluding tert-OH is 1. The van der Waals surface area contributed by atoms with Crippen LogP contribution in [0.5, 0.6) is 0 Å². The first-order valence-electron chi connectivity index (χ1n) is 11.0. The summed E-state index contributed by atoms with van der Waals surface area (Å²) in [6.45, 7) is 0.152. The number of aromatic nitrogens is 1. The van der Waals surface area contributed by atoms with Gasteiger partial charge in [-0.05, 0) is 35.4 Å². The number of hydrogen-bond acceptors (Lipinski definition) is 7. The molecule has 0 radical (unpaired) electrons. The zero-order valence-electron chi connectivity index (χ0n) is 18.3. The van der Waals surface area contributed by atoms with E-state index in [2.05, 4.69) is 5.32 Å². The lowest BCUT2D eigenvalue weighted by atomic mass is 9.98. The van der Waals surface area contributed by atoms with E-state index >= 15 is 0 Å². The Morgan fingerprint density at radius 2 is 2.00 bits per heavy atom. The van der Waals surface area contributed by atoms with E-state index in [9.17, 15) is 14.7 Å². The second-order valence-electron chi connectivity index (χ2n) is 8.39. The van der Waals surface area contributed by atoms with Gasteiger partial charge in [-0.3, -0.25) is 9.59 Å². The van der Waals surface area contributed by atoms with Crippen LogP contribution in [-0.4, -0.2) is 28.4 Å². The Bertz CT molecular complexity index is 1370. The lowest BCUT2D eigenvalue weighted by molar-refractivity contribution is -0.122. The molecule has 5 rings (SSSR count). The molecule has 2 atom stereocenters. The number of nitrogens with two attached hydrogens (primary N) is 2. The van der Waals surface area contributed by atoms with Gasteiger partial charge in [0, 0.05) is 40.4 Å². The molecule has 0 fully saturated rings. The highest BCUT2D eigenvalue weighted by atomic mass is 32.1. The molecule has 34 heavy (non-hydrogen) atoms. The van der Waals surface area contributed by atoms with Gasteiger partial charge < -0.3 is 21.9 Å². The summed E-state index contributed by atoms with van der Waals surface area (Å²) in [6, 6.07) is 13.3. The van der Waals surface area contributed by atoms with E-state index in [4.69, 9.17) is 16.5 Å². The van der Waals surface area contributed by atoms with Crippen molar-refractivity contribution in [1.29, 1.82) is 0 Å². The van der Waals surface area contributed by atoms with Crippen molar-refractivity contribution in [2.75, 3.05) is 12.3 Å². The molecule has 4 aromatic rings. The largest absolute Gasteiger partial charge is 0.397 e. The number of carbonyl (C=O) groups excluding carboxylic acids is 2. The fraction of sp³-hybridized carbons (Fsp3) is 0.240. The number of nitrogen functional groups attached to an aromatic ring is 1. The maximum absolute atomic E-state index is 12.7. The van der Waals surface area contributed by atoms with E-state index in [-0.39, 0.29) is 24.8 Å². The summed E-state index contributed by atoms with van der Waals surface area (Å²) in [4.78, 5) is 31.6. The van der Waals surface area contributed by atoms with Gasteiger partial charge in [0.05, 0.1) is 11.8 Å². The SMILES string of the molecule is NC(=O)c1sc2nc3c(c(-c4cccs4)c2c1N)CCC3CC(=O)NCC(O)c1ccccc1. The van der Waals surface area contributed by atoms with Gasteiger partial charge in [-0.1, -0.05) is 36.4 Å². The minimum absolute atomic E-state index is 0.0488. The number of anilines is 1. The maximum Gasteiger partial charge on any atom is 0.260 e.